The fourth-order valence-electron chi connectivity index (χ4n) is 1.78. The average Bonchev–Trinajstić information content (AvgIpc) is 2.75. The molecule has 0 unspecified atom stereocenters. The first-order chi connectivity index (χ1) is 9.45. The Hall–Kier alpha value is -2.41. The van der Waals surface area contributed by atoms with Gasteiger partial charge in [-0.2, -0.15) is 0 Å². The van der Waals surface area contributed by atoms with E-state index >= 15 is 0 Å². The van der Waals surface area contributed by atoms with Crippen LogP contribution in [0.2, 0.25) is 0 Å². The molecule has 20 heavy (non-hydrogen) atoms. The number of nitrogens with two attached hydrogens (primary N) is 1. The van der Waals surface area contributed by atoms with Crippen molar-refractivity contribution in [2.45, 2.75) is 6.92 Å². The van der Waals surface area contributed by atoms with E-state index in [1.807, 2.05) is 0 Å². The number of benzene rings is 1. The summed E-state index contributed by atoms with van der Waals surface area (Å²) < 4.78 is 4.67. The van der Waals surface area contributed by atoms with Crippen LogP contribution in [-0.4, -0.2) is 18.0 Å². The summed E-state index contributed by atoms with van der Waals surface area (Å²) in [7, 11) is 1.29. The molecule has 0 aliphatic heterocycles. The predicted octanol–water partition coefficient (Wildman–Crippen LogP) is 3.00. The van der Waals surface area contributed by atoms with E-state index in [0.29, 0.717) is 10.6 Å². The Bertz CT molecular complexity index is 676. The van der Waals surface area contributed by atoms with Gasteiger partial charge in [-0.05, 0) is 30.2 Å². The Labute approximate surface area is 118 Å². The van der Waals surface area contributed by atoms with E-state index in [0.717, 1.165) is 16.0 Å². The van der Waals surface area contributed by atoms with E-state index in [1.165, 1.54) is 30.6 Å². The minimum absolute atomic E-state index is 0.0177. The Morgan fingerprint density at radius 2 is 1.95 bits per heavy atom. The van der Waals surface area contributed by atoms with Gasteiger partial charge in [-0.25, -0.2) is 4.79 Å². The van der Waals surface area contributed by atoms with Gasteiger partial charge < -0.3 is 10.5 Å². The highest BCUT2D eigenvalue weighted by atomic mass is 32.1. The number of thiophene rings is 1. The average molecular weight is 292 g/mol. The fourth-order valence-corrected chi connectivity index (χ4v) is 2.93. The molecule has 0 saturated carbocycles. The van der Waals surface area contributed by atoms with Crippen LogP contribution in [-0.2, 0) is 4.74 Å². The molecule has 0 aliphatic carbocycles. The van der Waals surface area contributed by atoms with Gasteiger partial charge in [-0.15, -0.1) is 11.3 Å². The number of rotatable bonds is 3. The lowest BCUT2D eigenvalue weighted by Gasteiger charge is -1.99. The fraction of sp³-hybridized carbons (Fsp3) is 0.154. The highest BCUT2D eigenvalue weighted by molar-refractivity contribution is 7.18. The van der Waals surface area contributed by atoms with Crippen LogP contribution in [0.4, 0.5) is 11.4 Å². The smallest absolute Gasteiger partial charge is 0.350 e. The number of carbonyl (C=O) groups is 1. The number of carbonyl (C=O) groups excluding carboxylic acids is 1. The van der Waals surface area contributed by atoms with Gasteiger partial charge >= 0.3 is 5.97 Å². The molecule has 1 heterocycles. The molecule has 0 saturated heterocycles. The molecule has 0 amide bonds. The molecule has 0 spiro atoms. The molecule has 6 nitrogen and oxygen atoms in total. The quantitative estimate of drug-likeness (QED) is 0.533. The Morgan fingerprint density at radius 3 is 2.45 bits per heavy atom. The third-order valence-corrected chi connectivity index (χ3v) is 4.24. The van der Waals surface area contributed by atoms with Crippen LogP contribution in [0.25, 0.3) is 10.4 Å². The maximum Gasteiger partial charge on any atom is 0.350 e. The lowest BCUT2D eigenvalue weighted by molar-refractivity contribution is -0.384. The monoisotopic (exact) mass is 292 g/mol. The van der Waals surface area contributed by atoms with Crippen LogP contribution in [0, 0.1) is 17.0 Å². The molecule has 0 aliphatic rings. The van der Waals surface area contributed by atoms with E-state index in [1.54, 1.807) is 19.1 Å². The van der Waals surface area contributed by atoms with Gasteiger partial charge in [0, 0.05) is 17.0 Å². The summed E-state index contributed by atoms with van der Waals surface area (Å²) in [4.78, 5) is 22.9. The molecule has 0 atom stereocenters. The number of anilines is 1. The second kappa shape index (κ2) is 5.30. The molecule has 104 valence electrons. The lowest BCUT2D eigenvalue weighted by Crippen LogP contribution is -2.01. The van der Waals surface area contributed by atoms with Crippen molar-refractivity contribution in [2.24, 2.45) is 0 Å². The van der Waals surface area contributed by atoms with Crippen molar-refractivity contribution in [3.63, 3.8) is 0 Å². The number of nitro benzene ring substituents is 1. The summed E-state index contributed by atoms with van der Waals surface area (Å²) in [5.74, 6) is -0.483. The van der Waals surface area contributed by atoms with Gasteiger partial charge in [0.15, 0.2) is 0 Å². The van der Waals surface area contributed by atoms with Gasteiger partial charge in [-0.3, -0.25) is 10.1 Å². The van der Waals surface area contributed by atoms with Gasteiger partial charge in [0.1, 0.15) is 4.88 Å². The van der Waals surface area contributed by atoms with Crippen molar-refractivity contribution in [3.8, 4) is 10.4 Å². The first-order valence-electron chi connectivity index (χ1n) is 5.67. The molecule has 1 aromatic carbocycles. The first-order valence-corrected chi connectivity index (χ1v) is 6.49. The molecule has 2 rings (SSSR count). The summed E-state index contributed by atoms with van der Waals surface area (Å²) >= 11 is 1.22. The van der Waals surface area contributed by atoms with Crippen molar-refractivity contribution in [1.82, 2.24) is 0 Å². The van der Waals surface area contributed by atoms with Crippen molar-refractivity contribution in [2.75, 3.05) is 12.8 Å². The molecule has 0 bridgehead atoms. The number of ether oxygens (including phenoxy) is 1. The number of nitrogens with zero attached hydrogens (tertiary/aromatic N) is 1. The highest BCUT2D eigenvalue weighted by Gasteiger charge is 2.20. The summed E-state index contributed by atoms with van der Waals surface area (Å²) in [5.41, 5.74) is 7.84. The van der Waals surface area contributed by atoms with Crippen LogP contribution in [0.15, 0.2) is 24.3 Å². The van der Waals surface area contributed by atoms with Crippen LogP contribution in [0.5, 0.6) is 0 Å². The van der Waals surface area contributed by atoms with Gasteiger partial charge in [0.25, 0.3) is 5.69 Å². The first kappa shape index (κ1) is 14.0. The number of nitro groups is 1. The zero-order chi connectivity index (χ0) is 14.9. The standard InChI is InChI=1S/C13H12N2O4S/c1-7-10(14)12(13(16)19-2)20-11(7)8-3-5-9(6-4-8)15(17)18/h3-6H,14H2,1-2H3. The summed E-state index contributed by atoms with van der Waals surface area (Å²) in [6.07, 6.45) is 0. The molecule has 0 fully saturated rings. The summed E-state index contributed by atoms with van der Waals surface area (Å²) in [6.45, 7) is 1.80. The normalized spacial score (nSPS) is 10.3. The SMILES string of the molecule is COC(=O)c1sc(-c2ccc([N+](=O)[O-])cc2)c(C)c1N. The van der Waals surface area contributed by atoms with Crippen molar-refractivity contribution in [1.29, 1.82) is 0 Å². The minimum Gasteiger partial charge on any atom is -0.465 e. The number of hydrogen-bond donors (Lipinski definition) is 1. The molecule has 1 aromatic heterocycles. The molecular formula is C13H12N2O4S. The van der Waals surface area contributed by atoms with Gasteiger partial charge in [0.05, 0.1) is 17.7 Å². The Morgan fingerprint density at radius 1 is 1.35 bits per heavy atom. The van der Waals surface area contributed by atoms with Crippen LogP contribution >= 0.6 is 11.3 Å². The largest absolute Gasteiger partial charge is 0.465 e. The maximum absolute atomic E-state index is 11.6. The second-order valence-electron chi connectivity index (χ2n) is 4.09. The molecule has 2 aromatic rings. The van der Waals surface area contributed by atoms with E-state index in [9.17, 15) is 14.9 Å². The van der Waals surface area contributed by atoms with Crippen molar-refractivity contribution >= 4 is 28.7 Å². The molecule has 0 radical (unpaired) electrons. The number of methoxy groups -OCH3 is 1. The minimum atomic E-state index is -0.483. The van der Waals surface area contributed by atoms with Gasteiger partial charge in [-0.1, -0.05) is 0 Å². The van der Waals surface area contributed by atoms with Crippen LogP contribution in [0.1, 0.15) is 15.2 Å². The Balaban J connectivity index is 2.48. The van der Waals surface area contributed by atoms with E-state index in [-0.39, 0.29) is 5.69 Å². The molecular weight excluding hydrogens is 280 g/mol. The van der Waals surface area contributed by atoms with Crippen molar-refractivity contribution < 1.29 is 14.5 Å². The third-order valence-electron chi connectivity index (χ3n) is 2.90. The number of non-ortho nitro benzene ring substituents is 1. The lowest BCUT2D eigenvalue weighted by atomic mass is 10.1. The third kappa shape index (κ3) is 2.35. The van der Waals surface area contributed by atoms with E-state index < -0.39 is 10.9 Å². The molecule has 7 heteroatoms. The van der Waals surface area contributed by atoms with Gasteiger partial charge in [0.2, 0.25) is 0 Å². The number of hydrogen-bond acceptors (Lipinski definition) is 6. The zero-order valence-corrected chi connectivity index (χ0v) is 11.7. The van der Waals surface area contributed by atoms with Crippen LogP contribution in [0.3, 0.4) is 0 Å². The zero-order valence-electron chi connectivity index (χ0n) is 10.9. The Kier molecular flexibility index (Phi) is 3.71. The van der Waals surface area contributed by atoms with E-state index in [4.69, 9.17) is 5.73 Å². The number of esters is 1. The van der Waals surface area contributed by atoms with E-state index in [2.05, 4.69) is 4.74 Å². The second-order valence-corrected chi connectivity index (χ2v) is 5.12. The van der Waals surface area contributed by atoms with Crippen LogP contribution < -0.4 is 5.73 Å². The highest BCUT2D eigenvalue weighted by Crippen LogP contribution is 2.38. The topological polar surface area (TPSA) is 95.5 Å². The van der Waals surface area contributed by atoms with Crippen molar-refractivity contribution in [3.05, 3.63) is 44.8 Å². The predicted molar refractivity (Wildman–Crippen MR) is 76.9 cm³/mol. The number of nitrogen functional groups attached to an aromatic ring is 1. The molecule has 2 N–H and O–H groups in total. The summed E-state index contributed by atoms with van der Waals surface area (Å²) in [5, 5.41) is 10.6. The summed E-state index contributed by atoms with van der Waals surface area (Å²) in [6, 6.07) is 6.11. The maximum atomic E-state index is 11.6.